The Hall–Kier alpha value is -0.490. The minimum atomic E-state index is -1.24. The number of thiazole rings is 1. The van der Waals surface area contributed by atoms with Gasteiger partial charge in [0.15, 0.2) is 5.79 Å². The van der Waals surface area contributed by atoms with Crippen LogP contribution in [0.5, 0.6) is 0 Å². The van der Waals surface area contributed by atoms with Crippen LogP contribution < -0.4 is 0 Å². The number of aromatic nitrogens is 1. The molecule has 1 unspecified atom stereocenters. The number of aliphatic hydroxyl groups is 2. The van der Waals surface area contributed by atoms with Gasteiger partial charge in [-0.05, 0) is 20.8 Å². The van der Waals surface area contributed by atoms with Crippen molar-refractivity contribution in [1.82, 2.24) is 4.98 Å². The zero-order valence-electron chi connectivity index (χ0n) is 10.1. The van der Waals surface area contributed by atoms with Crippen LogP contribution in [0.3, 0.4) is 0 Å². The molecule has 0 saturated carbocycles. The van der Waals surface area contributed by atoms with Gasteiger partial charge < -0.3 is 14.9 Å². The maximum atomic E-state index is 9.59. The highest BCUT2D eigenvalue weighted by Gasteiger charge is 2.27. The number of hydrogen-bond acceptors (Lipinski definition) is 5. The SMILES string of the molecule is Cc1ncsc1C(C)[C@@H](CO)OC(C)(C)O. The molecule has 0 spiro atoms. The van der Waals surface area contributed by atoms with E-state index in [-0.39, 0.29) is 12.5 Å². The quantitative estimate of drug-likeness (QED) is 0.774. The number of nitrogens with zero attached hydrogens (tertiary/aromatic N) is 1. The molecule has 0 aliphatic rings. The third kappa shape index (κ3) is 3.52. The van der Waals surface area contributed by atoms with Crippen molar-refractivity contribution in [3.63, 3.8) is 0 Å². The van der Waals surface area contributed by atoms with Crippen molar-refractivity contribution in [3.8, 4) is 0 Å². The lowest BCUT2D eigenvalue weighted by molar-refractivity contribution is -0.216. The lowest BCUT2D eigenvalue weighted by Crippen LogP contribution is -2.35. The standard InChI is InChI=1S/C11H19NO3S/c1-7(10-8(2)12-6-16-10)9(5-13)15-11(3,4)14/h6-7,9,13-14H,5H2,1-4H3/t7?,9-/m1/s1. The predicted molar refractivity (Wildman–Crippen MR) is 63.5 cm³/mol. The number of aryl methyl sites for hydroxylation is 1. The maximum Gasteiger partial charge on any atom is 0.160 e. The normalized spacial score (nSPS) is 16.1. The van der Waals surface area contributed by atoms with Gasteiger partial charge >= 0.3 is 0 Å². The van der Waals surface area contributed by atoms with Crippen LogP contribution >= 0.6 is 11.3 Å². The van der Waals surface area contributed by atoms with Crippen LogP contribution in [0.1, 0.15) is 37.3 Å². The molecule has 16 heavy (non-hydrogen) atoms. The molecular weight excluding hydrogens is 226 g/mol. The Morgan fingerprint density at radius 1 is 1.56 bits per heavy atom. The first-order valence-corrected chi connectivity index (χ1v) is 6.14. The topological polar surface area (TPSA) is 62.6 Å². The molecule has 0 bridgehead atoms. The van der Waals surface area contributed by atoms with Crippen LogP contribution in [0.15, 0.2) is 5.51 Å². The third-order valence-electron chi connectivity index (χ3n) is 2.37. The molecule has 2 N–H and O–H groups in total. The highest BCUT2D eigenvalue weighted by atomic mass is 32.1. The Labute approximate surface area is 99.9 Å². The Bertz CT molecular complexity index is 332. The van der Waals surface area contributed by atoms with Gasteiger partial charge in [0.25, 0.3) is 0 Å². The smallest absolute Gasteiger partial charge is 0.160 e. The van der Waals surface area contributed by atoms with Crippen LogP contribution in [-0.4, -0.2) is 33.7 Å². The predicted octanol–water partition coefficient (Wildman–Crippen LogP) is 1.66. The lowest BCUT2D eigenvalue weighted by Gasteiger charge is -2.28. The van der Waals surface area contributed by atoms with Crippen molar-refractivity contribution in [3.05, 3.63) is 16.1 Å². The average Bonchev–Trinajstić information content (AvgIpc) is 2.58. The van der Waals surface area contributed by atoms with E-state index in [1.807, 2.05) is 13.8 Å². The van der Waals surface area contributed by atoms with E-state index in [1.165, 1.54) is 0 Å². The Morgan fingerprint density at radius 3 is 2.56 bits per heavy atom. The second-order valence-electron chi connectivity index (χ2n) is 4.38. The molecule has 0 aliphatic carbocycles. The van der Waals surface area contributed by atoms with Gasteiger partial charge in [0.1, 0.15) is 0 Å². The highest BCUT2D eigenvalue weighted by molar-refractivity contribution is 7.09. The number of rotatable bonds is 5. The number of ether oxygens (including phenoxy) is 1. The van der Waals surface area contributed by atoms with E-state index in [4.69, 9.17) is 4.74 Å². The monoisotopic (exact) mass is 245 g/mol. The minimum Gasteiger partial charge on any atom is -0.394 e. The molecule has 4 nitrogen and oxygen atoms in total. The van der Waals surface area contributed by atoms with Crippen molar-refractivity contribution in [1.29, 1.82) is 0 Å². The molecule has 1 rings (SSSR count). The van der Waals surface area contributed by atoms with Gasteiger partial charge in [0.2, 0.25) is 0 Å². The van der Waals surface area contributed by atoms with Crippen LogP contribution in [0, 0.1) is 6.92 Å². The maximum absolute atomic E-state index is 9.59. The minimum absolute atomic E-state index is 0.0175. The molecule has 92 valence electrons. The van der Waals surface area contributed by atoms with Crippen LogP contribution in [0.4, 0.5) is 0 Å². The largest absolute Gasteiger partial charge is 0.394 e. The summed E-state index contributed by atoms with van der Waals surface area (Å²) in [6.45, 7) is 6.89. The summed E-state index contributed by atoms with van der Waals surface area (Å²) in [6.07, 6.45) is -0.417. The summed E-state index contributed by atoms with van der Waals surface area (Å²) in [6, 6.07) is 0. The van der Waals surface area contributed by atoms with Gasteiger partial charge in [-0.25, -0.2) is 4.98 Å². The van der Waals surface area contributed by atoms with Crippen molar-refractivity contribution < 1.29 is 14.9 Å². The van der Waals surface area contributed by atoms with Gasteiger partial charge in [-0.15, -0.1) is 11.3 Å². The molecule has 0 radical (unpaired) electrons. The molecule has 2 atom stereocenters. The molecule has 0 aliphatic heterocycles. The Kier molecular flexibility index (Phi) is 4.43. The fraction of sp³-hybridized carbons (Fsp3) is 0.727. The fourth-order valence-corrected chi connectivity index (χ4v) is 2.50. The number of hydrogen-bond donors (Lipinski definition) is 2. The van der Waals surface area contributed by atoms with Gasteiger partial charge in [-0.1, -0.05) is 6.92 Å². The van der Waals surface area contributed by atoms with E-state index in [0.29, 0.717) is 0 Å². The zero-order chi connectivity index (χ0) is 12.3. The molecule has 1 aromatic heterocycles. The van der Waals surface area contributed by atoms with E-state index in [0.717, 1.165) is 10.6 Å². The van der Waals surface area contributed by atoms with Crippen LogP contribution in [-0.2, 0) is 4.74 Å². The molecule has 0 amide bonds. The first-order valence-electron chi connectivity index (χ1n) is 5.26. The second kappa shape index (κ2) is 5.23. The summed E-state index contributed by atoms with van der Waals surface area (Å²) in [7, 11) is 0. The van der Waals surface area contributed by atoms with Gasteiger partial charge in [0.05, 0.1) is 23.9 Å². The summed E-state index contributed by atoms with van der Waals surface area (Å²) < 4.78 is 5.41. The summed E-state index contributed by atoms with van der Waals surface area (Å²) in [5.41, 5.74) is 2.73. The van der Waals surface area contributed by atoms with Crippen molar-refractivity contribution >= 4 is 11.3 Å². The summed E-state index contributed by atoms with van der Waals surface area (Å²) in [4.78, 5) is 5.26. The molecule has 1 heterocycles. The van der Waals surface area contributed by atoms with Crippen molar-refractivity contribution in [2.45, 2.75) is 45.5 Å². The molecule has 0 aromatic carbocycles. The van der Waals surface area contributed by atoms with E-state index >= 15 is 0 Å². The summed E-state index contributed by atoms with van der Waals surface area (Å²) >= 11 is 1.54. The van der Waals surface area contributed by atoms with E-state index < -0.39 is 11.9 Å². The zero-order valence-corrected chi connectivity index (χ0v) is 10.9. The summed E-state index contributed by atoms with van der Waals surface area (Å²) in [5, 5.41) is 18.9. The average molecular weight is 245 g/mol. The van der Waals surface area contributed by atoms with Gasteiger partial charge in [0, 0.05) is 10.8 Å². The molecular formula is C11H19NO3S. The first-order chi connectivity index (χ1) is 7.35. The Morgan fingerprint density at radius 2 is 2.19 bits per heavy atom. The second-order valence-corrected chi connectivity index (χ2v) is 5.26. The van der Waals surface area contributed by atoms with E-state index in [9.17, 15) is 10.2 Å². The van der Waals surface area contributed by atoms with Crippen molar-refractivity contribution in [2.24, 2.45) is 0 Å². The van der Waals surface area contributed by atoms with Crippen LogP contribution in [0.25, 0.3) is 0 Å². The molecule has 0 saturated heterocycles. The fourth-order valence-electron chi connectivity index (χ4n) is 1.58. The van der Waals surface area contributed by atoms with Crippen LogP contribution in [0.2, 0.25) is 0 Å². The number of aliphatic hydroxyl groups excluding tert-OH is 1. The van der Waals surface area contributed by atoms with E-state index in [2.05, 4.69) is 4.98 Å². The summed E-state index contributed by atoms with van der Waals surface area (Å²) in [5.74, 6) is -1.22. The lowest BCUT2D eigenvalue weighted by atomic mass is 10.0. The molecule has 1 aromatic rings. The molecule has 0 fully saturated rings. The molecule has 5 heteroatoms. The van der Waals surface area contributed by atoms with Gasteiger partial charge in [-0.3, -0.25) is 0 Å². The first kappa shape index (κ1) is 13.6. The van der Waals surface area contributed by atoms with Gasteiger partial charge in [-0.2, -0.15) is 0 Å². The Balaban J connectivity index is 2.78. The van der Waals surface area contributed by atoms with E-state index in [1.54, 1.807) is 30.7 Å². The van der Waals surface area contributed by atoms with Crippen molar-refractivity contribution in [2.75, 3.05) is 6.61 Å². The third-order valence-corrected chi connectivity index (χ3v) is 3.51. The highest BCUT2D eigenvalue weighted by Crippen LogP contribution is 2.29.